The number of anilines is 3. The van der Waals surface area contributed by atoms with E-state index in [1.54, 1.807) is 0 Å². The average Bonchev–Trinajstić information content (AvgIpc) is 4.03. The lowest BCUT2D eigenvalue weighted by Crippen LogP contribution is -2.26. The Balaban J connectivity index is 1.01. The van der Waals surface area contributed by atoms with Gasteiger partial charge in [0, 0.05) is 22.7 Å². The molecule has 0 unspecified atom stereocenters. The van der Waals surface area contributed by atoms with Crippen LogP contribution in [0.2, 0.25) is 0 Å². The second-order valence-corrected chi connectivity index (χ2v) is 15.9. The van der Waals surface area contributed by atoms with Gasteiger partial charge in [0.1, 0.15) is 0 Å². The molecule has 60 heavy (non-hydrogen) atoms. The van der Waals surface area contributed by atoms with Crippen LogP contribution in [-0.4, -0.2) is 14.0 Å². The molecule has 0 radical (unpaired) electrons. The average molecular weight is 765 g/mol. The topological polar surface area (TPSA) is 25.5 Å². The van der Waals surface area contributed by atoms with E-state index in [0.29, 0.717) is 0 Å². The molecule has 4 nitrogen and oxygen atoms in total. The summed E-state index contributed by atoms with van der Waals surface area (Å²) in [7, 11) is 0. The quantitative estimate of drug-likeness (QED) is 0.174. The van der Waals surface area contributed by atoms with Gasteiger partial charge in [-0.15, -0.1) is 0 Å². The summed E-state index contributed by atoms with van der Waals surface area (Å²) < 4.78 is 4.56. The van der Waals surface area contributed by atoms with E-state index in [2.05, 4.69) is 232 Å². The molecular formula is C56H36N4. The predicted molar refractivity (Wildman–Crippen MR) is 246 cm³/mol. The van der Waals surface area contributed by atoms with Crippen LogP contribution < -0.4 is 4.90 Å². The summed E-state index contributed by atoms with van der Waals surface area (Å²) >= 11 is 0. The van der Waals surface area contributed by atoms with E-state index in [-0.39, 0.29) is 0 Å². The molecule has 0 atom stereocenters. The van der Waals surface area contributed by atoms with E-state index in [1.807, 2.05) is 0 Å². The first-order valence-electron chi connectivity index (χ1n) is 20.6. The van der Waals surface area contributed by atoms with Crippen molar-refractivity contribution in [3.05, 3.63) is 241 Å². The van der Waals surface area contributed by atoms with Crippen LogP contribution in [0.1, 0.15) is 22.3 Å². The number of fused-ring (bicyclic) bond motifs is 15. The number of aromatic nitrogens is 3. The van der Waals surface area contributed by atoms with Crippen LogP contribution in [0.4, 0.5) is 17.1 Å². The fraction of sp³-hybridized carbons (Fsp3) is 0.0179. The number of hydrogen-bond donors (Lipinski definition) is 0. The zero-order valence-corrected chi connectivity index (χ0v) is 32.6. The van der Waals surface area contributed by atoms with Crippen molar-refractivity contribution in [3.8, 4) is 39.1 Å². The minimum absolute atomic E-state index is 0.434. The van der Waals surface area contributed by atoms with Crippen molar-refractivity contribution in [2.45, 2.75) is 5.41 Å². The Labute approximate surface area is 347 Å². The Bertz CT molecular complexity index is 3420. The molecule has 13 rings (SSSR count). The normalized spacial score (nSPS) is 13.1. The van der Waals surface area contributed by atoms with Crippen LogP contribution in [0.5, 0.6) is 0 Å². The SMILES string of the molecule is c1ccc(-c2ccc(N(c3ccc(-n4c5ccccc5n5c6ccccc6nc45)cc3)c3ccc4c(c3)C3(c5ccccc5-c5ccccc53)c3ccccc3-4)cc2)cc1. The van der Waals surface area contributed by atoms with E-state index in [0.717, 1.165) is 50.6 Å². The fourth-order valence-electron chi connectivity index (χ4n) is 10.5. The van der Waals surface area contributed by atoms with Gasteiger partial charge in [-0.3, -0.25) is 8.97 Å². The second-order valence-electron chi connectivity index (χ2n) is 15.9. The molecule has 11 aromatic rings. The summed E-state index contributed by atoms with van der Waals surface area (Å²) in [6.45, 7) is 0. The van der Waals surface area contributed by atoms with Gasteiger partial charge in [0.2, 0.25) is 5.78 Å². The molecule has 0 saturated heterocycles. The fourth-order valence-corrected chi connectivity index (χ4v) is 10.5. The molecule has 280 valence electrons. The lowest BCUT2D eigenvalue weighted by atomic mass is 9.70. The lowest BCUT2D eigenvalue weighted by molar-refractivity contribution is 0.793. The maximum absolute atomic E-state index is 5.15. The van der Waals surface area contributed by atoms with Crippen molar-refractivity contribution in [2.75, 3.05) is 4.90 Å². The zero-order chi connectivity index (χ0) is 39.4. The summed E-state index contributed by atoms with van der Waals surface area (Å²) in [5.74, 6) is 0.902. The molecule has 2 aliphatic carbocycles. The van der Waals surface area contributed by atoms with Crippen molar-refractivity contribution in [1.29, 1.82) is 0 Å². The van der Waals surface area contributed by atoms with Crippen LogP contribution in [0.25, 0.3) is 66.9 Å². The number of nitrogens with zero attached hydrogens (tertiary/aromatic N) is 4. The third kappa shape index (κ3) is 4.47. The second kappa shape index (κ2) is 12.5. The van der Waals surface area contributed by atoms with E-state index >= 15 is 0 Å². The molecule has 0 saturated carbocycles. The molecule has 2 aromatic heterocycles. The lowest BCUT2D eigenvalue weighted by Gasteiger charge is -2.32. The standard InChI is InChI=1S/C56H36N4/c1-2-14-37(15-3-1)38-26-28-39(29-27-38)58(40-30-32-41(33-31-40)59-53-24-12-13-25-54(53)60-52-23-11-10-22-51(52)57-55(59)60)42-34-35-46-45-18-6-9-21-49(45)56(50(46)36-42)47-19-7-4-16-43(47)44-17-5-8-20-48(44)56/h1-36H. The van der Waals surface area contributed by atoms with Crippen molar-refractivity contribution in [1.82, 2.24) is 14.0 Å². The van der Waals surface area contributed by atoms with Crippen LogP contribution in [0, 0.1) is 0 Å². The van der Waals surface area contributed by atoms with Crippen molar-refractivity contribution in [2.24, 2.45) is 0 Å². The number of imidazole rings is 2. The van der Waals surface area contributed by atoms with Crippen LogP contribution in [0.15, 0.2) is 218 Å². The Morgan fingerprint density at radius 1 is 0.367 bits per heavy atom. The van der Waals surface area contributed by atoms with Crippen LogP contribution in [-0.2, 0) is 5.41 Å². The van der Waals surface area contributed by atoms with Gasteiger partial charge in [-0.1, -0.05) is 146 Å². The first-order valence-corrected chi connectivity index (χ1v) is 20.6. The minimum Gasteiger partial charge on any atom is -0.310 e. The summed E-state index contributed by atoms with van der Waals surface area (Å²) in [6, 6.07) is 79.7. The summed E-state index contributed by atoms with van der Waals surface area (Å²) in [5.41, 5.74) is 21.2. The van der Waals surface area contributed by atoms with Crippen molar-refractivity contribution in [3.63, 3.8) is 0 Å². The number of benzene rings is 9. The van der Waals surface area contributed by atoms with Gasteiger partial charge in [-0.2, -0.15) is 0 Å². The molecule has 4 heteroatoms. The van der Waals surface area contributed by atoms with E-state index in [9.17, 15) is 0 Å². The van der Waals surface area contributed by atoms with Crippen LogP contribution >= 0.6 is 0 Å². The molecule has 2 heterocycles. The minimum atomic E-state index is -0.434. The highest BCUT2D eigenvalue weighted by atomic mass is 15.2. The molecule has 0 aliphatic heterocycles. The molecule has 0 fully saturated rings. The highest BCUT2D eigenvalue weighted by molar-refractivity contribution is 5.97. The summed E-state index contributed by atoms with van der Waals surface area (Å²) in [5, 5.41) is 0. The molecule has 2 aliphatic rings. The molecule has 0 bridgehead atoms. The number of hydrogen-bond acceptors (Lipinski definition) is 2. The Kier molecular flexibility index (Phi) is 6.90. The summed E-state index contributed by atoms with van der Waals surface area (Å²) in [6.07, 6.45) is 0. The molecular weight excluding hydrogens is 729 g/mol. The summed E-state index contributed by atoms with van der Waals surface area (Å²) in [4.78, 5) is 7.56. The molecule has 0 N–H and O–H groups in total. The van der Waals surface area contributed by atoms with E-state index in [1.165, 1.54) is 55.6 Å². The van der Waals surface area contributed by atoms with Crippen LogP contribution in [0.3, 0.4) is 0 Å². The maximum atomic E-state index is 5.15. The Morgan fingerprint density at radius 2 is 0.850 bits per heavy atom. The van der Waals surface area contributed by atoms with Gasteiger partial charge < -0.3 is 4.90 Å². The van der Waals surface area contributed by atoms with Crippen molar-refractivity contribution < 1.29 is 0 Å². The van der Waals surface area contributed by atoms with Gasteiger partial charge in [0.25, 0.3) is 0 Å². The third-order valence-electron chi connectivity index (χ3n) is 12.9. The third-order valence-corrected chi connectivity index (χ3v) is 12.9. The Morgan fingerprint density at radius 3 is 1.50 bits per heavy atom. The van der Waals surface area contributed by atoms with Gasteiger partial charge in [-0.25, -0.2) is 4.98 Å². The Hall–Kier alpha value is -7.95. The molecule has 0 amide bonds. The zero-order valence-electron chi connectivity index (χ0n) is 32.6. The number of para-hydroxylation sites is 4. The largest absolute Gasteiger partial charge is 0.310 e. The van der Waals surface area contributed by atoms with E-state index in [4.69, 9.17) is 4.98 Å². The van der Waals surface area contributed by atoms with Gasteiger partial charge >= 0.3 is 0 Å². The monoisotopic (exact) mass is 764 g/mol. The molecule has 1 spiro atoms. The maximum Gasteiger partial charge on any atom is 0.220 e. The van der Waals surface area contributed by atoms with Gasteiger partial charge in [-0.05, 0) is 128 Å². The van der Waals surface area contributed by atoms with Crippen molar-refractivity contribution >= 4 is 44.9 Å². The first kappa shape index (κ1) is 33.1. The molecule has 9 aromatic carbocycles. The highest BCUT2D eigenvalue weighted by Crippen LogP contribution is 2.63. The van der Waals surface area contributed by atoms with Gasteiger partial charge in [0.05, 0.1) is 27.5 Å². The smallest absolute Gasteiger partial charge is 0.220 e. The predicted octanol–water partition coefficient (Wildman–Crippen LogP) is 13.9. The first-order chi connectivity index (χ1) is 29.8. The van der Waals surface area contributed by atoms with Gasteiger partial charge in [0.15, 0.2) is 0 Å². The van der Waals surface area contributed by atoms with E-state index < -0.39 is 5.41 Å². The highest BCUT2D eigenvalue weighted by Gasteiger charge is 2.51. The number of rotatable bonds is 5.